The molecule has 0 atom stereocenters. The van der Waals surface area contributed by atoms with E-state index in [1.807, 2.05) is 53.3 Å². The van der Waals surface area contributed by atoms with Gasteiger partial charge in [0.1, 0.15) is 0 Å². The molecule has 0 unspecified atom stereocenters. The predicted octanol–water partition coefficient (Wildman–Crippen LogP) is 6.17. The van der Waals surface area contributed by atoms with Gasteiger partial charge >= 0.3 is 0 Å². The van der Waals surface area contributed by atoms with Crippen molar-refractivity contribution in [3.8, 4) is 0 Å². The van der Waals surface area contributed by atoms with E-state index in [0.717, 1.165) is 22.0 Å². The molecule has 152 valence electrons. The molecule has 4 rings (SSSR count). The topological polar surface area (TPSA) is 46.9 Å². The number of benzene rings is 3. The Hall–Kier alpha value is -2.53. The first-order valence-electron chi connectivity index (χ1n) is 9.42. The first-order chi connectivity index (χ1) is 14.5. The molecule has 1 heterocycles. The first kappa shape index (κ1) is 20.7. The quantitative estimate of drug-likeness (QED) is 0.375. The largest absolute Gasteiger partial charge is 0.348 e. The maximum atomic E-state index is 12.5. The third-order valence-corrected chi connectivity index (χ3v) is 5.75. The fourth-order valence-electron chi connectivity index (χ4n) is 3.25. The molecule has 4 aromatic rings. The van der Waals surface area contributed by atoms with Crippen LogP contribution in [0, 0.1) is 0 Å². The molecule has 4 nitrogen and oxygen atoms in total. The molecule has 7 heteroatoms. The summed E-state index contributed by atoms with van der Waals surface area (Å²) in [5.41, 5.74) is 3.17. The summed E-state index contributed by atoms with van der Waals surface area (Å²) in [5.74, 6) is -0.158. The number of hydrogen-bond donors (Lipinski definition) is 1. The van der Waals surface area contributed by atoms with Crippen molar-refractivity contribution in [1.82, 2.24) is 15.1 Å². The van der Waals surface area contributed by atoms with Crippen LogP contribution < -0.4 is 5.32 Å². The van der Waals surface area contributed by atoms with Crippen LogP contribution in [0.5, 0.6) is 0 Å². The number of amides is 1. The lowest BCUT2D eigenvalue weighted by atomic mass is 10.1. The SMILES string of the molecule is O=C(NCc1cccc(Cl)c1)c1ccc2cn(CCc3c(Cl)cccc3Cl)nc2c1. The number of nitrogens with one attached hydrogen (secondary N) is 1. The van der Waals surface area contributed by atoms with Gasteiger partial charge in [0.15, 0.2) is 0 Å². The maximum Gasteiger partial charge on any atom is 0.251 e. The minimum absolute atomic E-state index is 0.158. The monoisotopic (exact) mass is 457 g/mol. The third-order valence-electron chi connectivity index (χ3n) is 4.81. The van der Waals surface area contributed by atoms with Gasteiger partial charge in [-0.15, -0.1) is 0 Å². The Balaban J connectivity index is 1.44. The van der Waals surface area contributed by atoms with Gasteiger partial charge in [-0.05, 0) is 53.9 Å². The summed E-state index contributed by atoms with van der Waals surface area (Å²) >= 11 is 18.5. The van der Waals surface area contributed by atoms with Crippen LogP contribution >= 0.6 is 34.8 Å². The molecule has 0 saturated carbocycles. The molecule has 0 fully saturated rings. The summed E-state index contributed by atoms with van der Waals surface area (Å²) < 4.78 is 1.85. The first-order valence-corrected chi connectivity index (χ1v) is 10.6. The van der Waals surface area contributed by atoms with E-state index in [4.69, 9.17) is 34.8 Å². The van der Waals surface area contributed by atoms with Crippen LogP contribution in [-0.4, -0.2) is 15.7 Å². The van der Waals surface area contributed by atoms with Gasteiger partial charge in [-0.1, -0.05) is 59.1 Å². The van der Waals surface area contributed by atoms with Crippen LogP contribution in [-0.2, 0) is 19.5 Å². The molecule has 30 heavy (non-hydrogen) atoms. The Morgan fingerprint density at radius 3 is 2.50 bits per heavy atom. The molecule has 0 bridgehead atoms. The maximum absolute atomic E-state index is 12.5. The molecule has 0 aliphatic heterocycles. The fraction of sp³-hybridized carbons (Fsp3) is 0.130. The van der Waals surface area contributed by atoms with E-state index >= 15 is 0 Å². The number of nitrogens with zero attached hydrogens (tertiary/aromatic N) is 2. The molecule has 1 amide bonds. The van der Waals surface area contributed by atoms with Crippen molar-refractivity contribution in [1.29, 1.82) is 0 Å². The van der Waals surface area contributed by atoms with Crippen LogP contribution in [0.15, 0.2) is 66.9 Å². The molecule has 0 aliphatic rings. The Morgan fingerprint density at radius 1 is 0.967 bits per heavy atom. The summed E-state index contributed by atoms with van der Waals surface area (Å²) in [6.07, 6.45) is 2.62. The summed E-state index contributed by atoms with van der Waals surface area (Å²) in [6, 6.07) is 18.4. The van der Waals surface area contributed by atoms with Gasteiger partial charge in [-0.3, -0.25) is 9.48 Å². The molecule has 0 spiro atoms. The van der Waals surface area contributed by atoms with E-state index in [1.165, 1.54) is 0 Å². The lowest BCUT2D eigenvalue weighted by Crippen LogP contribution is -2.22. The second-order valence-corrected chi connectivity index (χ2v) is 8.18. The number of carbonyl (C=O) groups is 1. The molecule has 1 N–H and O–H groups in total. The van der Waals surface area contributed by atoms with Crippen molar-refractivity contribution in [3.05, 3.63) is 98.6 Å². The van der Waals surface area contributed by atoms with Crippen LogP contribution in [0.1, 0.15) is 21.5 Å². The molecular formula is C23H18Cl3N3O. The van der Waals surface area contributed by atoms with Crippen molar-refractivity contribution in [3.63, 3.8) is 0 Å². The minimum atomic E-state index is -0.158. The third kappa shape index (κ3) is 4.78. The number of aromatic nitrogens is 2. The summed E-state index contributed by atoms with van der Waals surface area (Å²) in [4.78, 5) is 12.5. The highest BCUT2D eigenvalue weighted by molar-refractivity contribution is 6.36. The summed E-state index contributed by atoms with van der Waals surface area (Å²) in [6.45, 7) is 1.04. The zero-order valence-corrected chi connectivity index (χ0v) is 18.2. The average molecular weight is 459 g/mol. The van der Waals surface area contributed by atoms with Gasteiger partial charge in [0, 0.05) is 45.3 Å². The number of hydrogen-bond acceptors (Lipinski definition) is 2. The molecular weight excluding hydrogens is 441 g/mol. The van der Waals surface area contributed by atoms with Crippen molar-refractivity contribution in [2.45, 2.75) is 19.5 Å². The lowest BCUT2D eigenvalue weighted by Gasteiger charge is -2.06. The van der Waals surface area contributed by atoms with E-state index in [2.05, 4.69) is 10.4 Å². The number of rotatable bonds is 6. The van der Waals surface area contributed by atoms with Crippen LogP contribution in [0.3, 0.4) is 0 Å². The van der Waals surface area contributed by atoms with Gasteiger partial charge in [0.05, 0.1) is 5.52 Å². The van der Waals surface area contributed by atoms with Crippen molar-refractivity contribution >= 4 is 51.6 Å². The van der Waals surface area contributed by atoms with Gasteiger partial charge in [0.25, 0.3) is 5.91 Å². The van der Waals surface area contributed by atoms with Gasteiger partial charge in [0.2, 0.25) is 0 Å². The van der Waals surface area contributed by atoms with Crippen molar-refractivity contribution in [2.24, 2.45) is 0 Å². The van der Waals surface area contributed by atoms with E-state index in [0.29, 0.717) is 40.1 Å². The molecule has 0 radical (unpaired) electrons. The fourth-order valence-corrected chi connectivity index (χ4v) is 4.05. The van der Waals surface area contributed by atoms with Crippen LogP contribution in [0.25, 0.3) is 10.9 Å². The zero-order valence-electron chi connectivity index (χ0n) is 15.9. The zero-order chi connectivity index (χ0) is 21.1. The summed E-state index contributed by atoms with van der Waals surface area (Å²) in [5, 5.41) is 10.4. The molecule has 0 saturated heterocycles. The van der Waals surface area contributed by atoms with Crippen molar-refractivity contribution in [2.75, 3.05) is 0 Å². The average Bonchev–Trinajstić information content (AvgIpc) is 3.14. The minimum Gasteiger partial charge on any atom is -0.348 e. The highest BCUT2D eigenvalue weighted by Crippen LogP contribution is 2.25. The number of halogens is 3. The van der Waals surface area contributed by atoms with Gasteiger partial charge in [-0.25, -0.2) is 0 Å². The van der Waals surface area contributed by atoms with Gasteiger partial charge < -0.3 is 5.32 Å². The van der Waals surface area contributed by atoms with E-state index in [-0.39, 0.29) is 5.91 Å². The second kappa shape index (κ2) is 9.09. The van der Waals surface area contributed by atoms with E-state index in [9.17, 15) is 4.79 Å². The van der Waals surface area contributed by atoms with Crippen molar-refractivity contribution < 1.29 is 4.79 Å². The Kier molecular flexibility index (Phi) is 6.28. The van der Waals surface area contributed by atoms with E-state index < -0.39 is 0 Å². The predicted molar refractivity (Wildman–Crippen MR) is 123 cm³/mol. The number of fused-ring (bicyclic) bond motifs is 1. The van der Waals surface area contributed by atoms with Crippen LogP contribution in [0.4, 0.5) is 0 Å². The Morgan fingerprint density at radius 2 is 1.73 bits per heavy atom. The highest BCUT2D eigenvalue weighted by atomic mass is 35.5. The standard InChI is InChI=1S/C23H18Cl3N3O/c24-18-4-1-3-15(11-18)13-27-23(30)16-7-8-17-14-29(28-22(17)12-16)10-9-19-20(25)5-2-6-21(19)26/h1-8,11-12,14H,9-10,13H2,(H,27,30). The molecule has 0 aliphatic carbocycles. The lowest BCUT2D eigenvalue weighted by molar-refractivity contribution is 0.0951. The second-order valence-electron chi connectivity index (χ2n) is 6.93. The Bertz CT molecular complexity index is 1200. The van der Waals surface area contributed by atoms with Gasteiger partial charge in [-0.2, -0.15) is 5.10 Å². The number of aryl methyl sites for hydroxylation is 1. The van der Waals surface area contributed by atoms with E-state index in [1.54, 1.807) is 18.2 Å². The number of carbonyl (C=O) groups excluding carboxylic acids is 1. The smallest absolute Gasteiger partial charge is 0.251 e. The Labute approximate surface area is 189 Å². The molecule has 1 aromatic heterocycles. The molecule has 3 aromatic carbocycles. The normalized spacial score (nSPS) is 11.0. The van der Waals surface area contributed by atoms with Crippen LogP contribution in [0.2, 0.25) is 15.1 Å². The highest BCUT2D eigenvalue weighted by Gasteiger charge is 2.10. The summed E-state index contributed by atoms with van der Waals surface area (Å²) in [7, 11) is 0.